The van der Waals surface area contributed by atoms with Crippen LogP contribution in [0.5, 0.6) is 0 Å². The van der Waals surface area contributed by atoms with E-state index in [2.05, 4.69) is 41.5 Å². The third kappa shape index (κ3) is 3.08. The monoisotopic (exact) mass is 396 g/mol. The van der Waals surface area contributed by atoms with Gasteiger partial charge >= 0.3 is 0 Å². The number of amides is 2. The summed E-state index contributed by atoms with van der Waals surface area (Å²) in [7, 11) is -3.92. The number of carbonyl (C=O) groups excluding carboxylic acids is 2. The summed E-state index contributed by atoms with van der Waals surface area (Å²) in [4.78, 5) is 27.9. The Morgan fingerprint density at radius 3 is 1.50 bits per heavy atom. The largest absolute Gasteiger partial charge is 0.330 e. The average molecular weight is 397 g/mol. The molecule has 2 N–H and O–H groups in total. The van der Waals surface area contributed by atoms with Gasteiger partial charge in [-0.05, 0) is 19.9 Å². The van der Waals surface area contributed by atoms with E-state index in [-0.39, 0.29) is 16.6 Å². The van der Waals surface area contributed by atoms with E-state index >= 15 is 0 Å². The number of imide groups is 1. The van der Waals surface area contributed by atoms with Gasteiger partial charge in [0, 0.05) is 16.4 Å². The summed E-state index contributed by atoms with van der Waals surface area (Å²) < 4.78 is 0. The van der Waals surface area contributed by atoms with Crippen molar-refractivity contribution in [2.45, 2.75) is 95.9 Å². The van der Waals surface area contributed by atoms with E-state index in [1.807, 2.05) is 0 Å². The molecule has 4 nitrogen and oxygen atoms in total. The Balaban J connectivity index is 3.95. The van der Waals surface area contributed by atoms with Crippen molar-refractivity contribution in [3.05, 3.63) is 11.6 Å². The minimum atomic E-state index is -1.96. The molecular weight excluding hydrogens is 356 g/mol. The zero-order chi connectivity index (χ0) is 20.2. The quantitative estimate of drug-likeness (QED) is 0.413. The maximum atomic E-state index is 13.3. The molecule has 0 spiro atoms. The zero-order valence-corrected chi connectivity index (χ0v) is 20.1. The summed E-state index contributed by atoms with van der Waals surface area (Å²) >= 11 is 0. The fraction of sp³-hybridized carbons (Fsp3) is 0.800. The van der Waals surface area contributed by atoms with Crippen molar-refractivity contribution >= 4 is 28.0 Å². The van der Waals surface area contributed by atoms with Gasteiger partial charge in [0.15, 0.2) is 0 Å². The third-order valence-corrected chi connectivity index (χ3v) is 23.6. The Kier molecular flexibility index (Phi) is 8.05. The minimum absolute atomic E-state index is 0.0529. The van der Waals surface area contributed by atoms with Crippen LogP contribution in [0, 0.1) is 0 Å². The van der Waals surface area contributed by atoms with Gasteiger partial charge in [-0.3, -0.25) is 14.5 Å². The predicted octanol–water partition coefficient (Wildman–Crippen LogP) is 4.48. The van der Waals surface area contributed by atoms with Crippen LogP contribution in [0.15, 0.2) is 11.6 Å². The van der Waals surface area contributed by atoms with E-state index < -0.39 is 16.1 Å². The van der Waals surface area contributed by atoms with E-state index in [0.717, 1.165) is 42.7 Å². The summed E-state index contributed by atoms with van der Waals surface area (Å²) in [5.41, 5.74) is 6.80. The van der Waals surface area contributed by atoms with Gasteiger partial charge in [-0.25, -0.2) is 0 Å². The van der Waals surface area contributed by atoms with E-state index in [4.69, 9.17) is 5.73 Å². The Morgan fingerprint density at radius 1 is 0.885 bits per heavy atom. The standard InChI is InChI=1S/C20H40N2O2Si2/c1-8-25(9-2,10-3)20(14-15-21,26(11-4,12-5)13-6)22-18(23)16-17(7)19(22)24/h16H,8-15,21H2,1-7H3. The number of rotatable bonds is 11. The summed E-state index contributed by atoms with van der Waals surface area (Å²) in [6.07, 6.45) is 2.35. The molecule has 0 aliphatic carbocycles. The van der Waals surface area contributed by atoms with E-state index in [1.165, 1.54) is 0 Å². The van der Waals surface area contributed by atoms with Gasteiger partial charge in [0.1, 0.15) is 0 Å². The van der Waals surface area contributed by atoms with Crippen LogP contribution in [0.4, 0.5) is 0 Å². The van der Waals surface area contributed by atoms with Gasteiger partial charge in [0.05, 0.1) is 16.1 Å². The van der Waals surface area contributed by atoms with Gasteiger partial charge < -0.3 is 5.73 Å². The van der Waals surface area contributed by atoms with Crippen molar-refractivity contribution in [1.29, 1.82) is 0 Å². The number of carbonyl (C=O) groups is 2. The smallest absolute Gasteiger partial charge is 0.256 e. The highest BCUT2D eigenvalue weighted by molar-refractivity contribution is 7.02. The Morgan fingerprint density at radius 2 is 1.27 bits per heavy atom. The van der Waals surface area contributed by atoms with Crippen LogP contribution >= 0.6 is 0 Å². The molecule has 0 bridgehead atoms. The molecule has 0 atom stereocenters. The molecule has 0 aromatic rings. The molecule has 0 saturated heterocycles. The molecule has 1 aliphatic heterocycles. The van der Waals surface area contributed by atoms with E-state index in [9.17, 15) is 9.59 Å². The lowest BCUT2D eigenvalue weighted by Gasteiger charge is -2.62. The Hall–Kier alpha value is -0.726. The lowest BCUT2D eigenvalue weighted by molar-refractivity contribution is -0.140. The number of hydrogen-bond donors (Lipinski definition) is 1. The van der Waals surface area contributed by atoms with Gasteiger partial charge in [-0.2, -0.15) is 0 Å². The topological polar surface area (TPSA) is 63.4 Å². The van der Waals surface area contributed by atoms with Crippen LogP contribution in [0.2, 0.25) is 36.3 Å². The summed E-state index contributed by atoms with van der Waals surface area (Å²) in [5.74, 6) is -0.136. The molecule has 2 amide bonds. The van der Waals surface area contributed by atoms with Crippen molar-refractivity contribution in [2.75, 3.05) is 6.54 Å². The molecule has 1 rings (SSSR count). The first-order valence-corrected chi connectivity index (χ1v) is 15.8. The fourth-order valence-corrected chi connectivity index (χ4v) is 23.0. The molecular formula is C20H40N2O2Si2. The van der Waals surface area contributed by atoms with Gasteiger partial charge in [-0.15, -0.1) is 0 Å². The predicted molar refractivity (Wildman–Crippen MR) is 116 cm³/mol. The number of nitrogens with zero attached hydrogens (tertiary/aromatic N) is 1. The van der Waals surface area contributed by atoms with Crippen LogP contribution in [0.25, 0.3) is 0 Å². The first-order chi connectivity index (χ1) is 12.3. The van der Waals surface area contributed by atoms with Crippen LogP contribution < -0.4 is 5.73 Å². The van der Waals surface area contributed by atoms with E-state index in [0.29, 0.717) is 12.1 Å². The van der Waals surface area contributed by atoms with Crippen molar-refractivity contribution in [2.24, 2.45) is 5.73 Å². The van der Waals surface area contributed by atoms with Crippen LogP contribution in [-0.4, -0.2) is 44.2 Å². The summed E-state index contributed by atoms with van der Waals surface area (Å²) in [6, 6.07) is 6.61. The normalized spacial score (nSPS) is 16.5. The molecule has 1 heterocycles. The van der Waals surface area contributed by atoms with Crippen molar-refractivity contribution < 1.29 is 9.59 Å². The van der Waals surface area contributed by atoms with Crippen LogP contribution in [0.3, 0.4) is 0 Å². The number of nitrogens with two attached hydrogens (primary N) is 1. The lowest BCUT2D eigenvalue weighted by Crippen LogP contribution is -2.80. The molecule has 6 heteroatoms. The molecule has 0 aromatic carbocycles. The fourth-order valence-electron chi connectivity index (χ4n) is 6.09. The molecule has 150 valence electrons. The highest BCUT2D eigenvalue weighted by atomic mass is 28.4. The van der Waals surface area contributed by atoms with E-state index in [1.54, 1.807) is 17.9 Å². The highest BCUT2D eigenvalue weighted by Gasteiger charge is 2.66. The first-order valence-electron chi connectivity index (χ1n) is 10.5. The van der Waals surface area contributed by atoms with Crippen LogP contribution in [-0.2, 0) is 9.59 Å². The Labute approximate surface area is 162 Å². The van der Waals surface area contributed by atoms with Gasteiger partial charge in [-0.1, -0.05) is 77.8 Å². The number of hydrogen-bond acceptors (Lipinski definition) is 3. The third-order valence-electron chi connectivity index (χ3n) is 7.80. The summed E-state index contributed by atoms with van der Waals surface area (Å²) in [6.45, 7) is 16.1. The second-order valence-corrected chi connectivity index (χ2v) is 19.4. The first kappa shape index (κ1) is 23.3. The molecule has 0 unspecified atom stereocenters. The van der Waals surface area contributed by atoms with Crippen LogP contribution in [0.1, 0.15) is 54.9 Å². The van der Waals surface area contributed by atoms with Crippen molar-refractivity contribution in [3.8, 4) is 0 Å². The molecule has 1 aliphatic rings. The minimum Gasteiger partial charge on any atom is -0.330 e. The second-order valence-electron chi connectivity index (χ2n) is 7.89. The van der Waals surface area contributed by atoms with Crippen molar-refractivity contribution in [3.63, 3.8) is 0 Å². The molecule has 0 fully saturated rings. The molecule has 0 saturated carbocycles. The van der Waals surface area contributed by atoms with Gasteiger partial charge in [0.2, 0.25) is 0 Å². The zero-order valence-electron chi connectivity index (χ0n) is 18.1. The second kappa shape index (κ2) is 8.98. The molecule has 26 heavy (non-hydrogen) atoms. The Bertz CT molecular complexity index is 515. The highest BCUT2D eigenvalue weighted by Crippen LogP contribution is 2.50. The molecule has 0 aromatic heterocycles. The lowest BCUT2D eigenvalue weighted by atomic mass is 10.3. The molecule has 0 radical (unpaired) electrons. The SMILES string of the molecule is CC[Si](CC)(CC)C(CCN)(N1C(=O)C=C(C)C1=O)[Si](CC)(CC)CC. The van der Waals surface area contributed by atoms with Crippen molar-refractivity contribution in [1.82, 2.24) is 4.90 Å². The van der Waals surface area contributed by atoms with Gasteiger partial charge in [0.25, 0.3) is 11.8 Å². The average Bonchev–Trinajstić information content (AvgIpc) is 2.90. The summed E-state index contributed by atoms with van der Waals surface area (Å²) in [5, 5.41) is 0. The maximum absolute atomic E-state index is 13.3. The maximum Gasteiger partial charge on any atom is 0.256 e.